The van der Waals surface area contributed by atoms with Gasteiger partial charge >= 0.3 is 0 Å². The third-order valence-corrected chi connectivity index (χ3v) is 2.10. The van der Waals surface area contributed by atoms with Crippen LogP contribution in [0.5, 0.6) is 0 Å². The maximum atomic E-state index is 5.99. The molecular weight excluding hydrogens is 178 g/mol. The third kappa shape index (κ3) is 1.82. The lowest BCUT2D eigenvalue weighted by atomic mass is 10.2. The van der Waals surface area contributed by atoms with Gasteiger partial charge in [-0.2, -0.15) is 10.2 Å². The van der Waals surface area contributed by atoms with Crippen LogP contribution < -0.4 is 5.73 Å². The molecule has 1 atom stereocenters. The van der Waals surface area contributed by atoms with Gasteiger partial charge in [0.15, 0.2) is 0 Å². The zero-order valence-electron chi connectivity index (χ0n) is 8.04. The van der Waals surface area contributed by atoms with Gasteiger partial charge in [0.1, 0.15) is 0 Å². The molecule has 0 amide bonds. The molecule has 0 aliphatic heterocycles. The fraction of sp³-hybridized carbons (Fsp3) is 0.333. The predicted molar refractivity (Wildman–Crippen MR) is 52.4 cm³/mol. The maximum absolute atomic E-state index is 5.99. The minimum atomic E-state index is -0.0522. The molecule has 2 N–H and O–H groups in total. The van der Waals surface area contributed by atoms with Gasteiger partial charge in [-0.3, -0.25) is 9.36 Å². The SMILES string of the molecule is Cn1cc(C(N)Cn2cccn2)cn1. The molecule has 2 heterocycles. The van der Waals surface area contributed by atoms with E-state index in [-0.39, 0.29) is 6.04 Å². The molecule has 0 radical (unpaired) electrons. The number of aromatic nitrogens is 4. The fourth-order valence-corrected chi connectivity index (χ4v) is 1.35. The van der Waals surface area contributed by atoms with Gasteiger partial charge in [-0.1, -0.05) is 0 Å². The summed E-state index contributed by atoms with van der Waals surface area (Å²) >= 11 is 0. The largest absolute Gasteiger partial charge is 0.322 e. The highest BCUT2D eigenvalue weighted by atomic mass is 15.3. The van der Waals surface area contributed by atoms with Crippen LogP contribution in [-0.4, -0.2) is 19.6 Å². The summed E-state index contributed by atoms with van der Waals surface area (Å²) in [7, 11) is 1.88. The summed E-state index contributed by atoms with van der Waals surface area (Å²) in [4.78, 5) is 0. The molecule has 0 aliphatic carbocycles. The molecule has 5 nitrogen and oxygen atoms in total. The molecule has 1 unspecified atom stereocenters. The van der Waals surface area contributed by atoms with Gasteiger partial charge in [-0.05, 0) is 6.07 Å². The van der Waals surface area contributed by atoms with Crippen molar-refractivity contribution in [3.8, 4) is 0 Å². The average Bonchev–Trinajstić information content (AvgIpc) is 2.75. The van der Waals surface area contributed by atoms with Gasteiger partial charge < -0.3 is 5.73 Å². The van der Waals surface area contributed by atoms with E-state index in [1.807, 2.05) is 30.2 Å². The average molecular weight is 191 g/mol. The van der Waals surface area contributed by atoms with Crippen LogP contribution in [0.15, 0.2) is 30.9 Å². The molecule has 2 aromatic heterocycles. The van der Waals surface area contributed by atoms with Crippen molar-refractivity contribution in [3.05, 3.63) is 36.4 Å². The topological polar surface area (TPSA) is 61.7 Å². The van der Waals surface area contributed by atoms with Gasteiger partial charge in [0.05, 0.1) is 18.8 Å². The Morgan fingerprint density at radius 2 is 2.36 bits per heavy atom. The van der Waals surface area contributed by atoms with Crippen LogP contribution in [0, 0.1) is 0 Å². The Morgan fingerprint density at radius 3 is 2.93 bits per heavy atom. The van der Waals surface area contributed by atoms with Crippen molar-refractivity contribution in [1.82, 2.24) is 19.6 Å². The minimum absolute atomic E-state index is 0.0522. The van der Waals surface area contributed by atoms with Crippen molar-refractivity contribution in [3.63, 3.8) is 0 Å². The van der Waals surface area contributed by atoms with E-state index in [0.29, 0.717) is 6.54 Å². The number of hydrogen-bond acceptors (Lipinski definition) is 3. The summed E-state index contributed by atoms with van der Waals surface area (Å²) in [6.45, 7) is 0.679. The summed E-state index contributed by atoms with van der Waals surface area (Å²) < 4.78 is 3.57. The standard InChI is InChI=1S/C9H13N5/c1-13-6-8(5-12-13)9(10)7-14-4-2-3-11-14/h2-6,9H,7,10H2,1H3. The lowest BCUT2D eigenvalue weighted by Gasteiger charge is -2.08. The Bertz CT molecular complexity index is 389. The van der Waals surface area contributed by atoms with Crippen molar-refractivity contribution in [2.75, 3.05) is 0 Å². The van der Waals surface area contributed by atoms with E-state index in [4.69, 9.17) is 5.73 Å². The van der Waals surface area contributed by atoms with Crippen molar-refractivity contribution in [1.29, 1.82) is 0 Å². The van der Waals surface area contributed by atoms with Gasteiger partial charge in [-0.15, -0.1) is 0 Å². The Kier molecular flexibility index (Phi) is 2.32. The molecule has 0 saturated heterocycles. The monoisotopic (exact) mass is 191 g/mol. The highest BCUT2D eigenvalue weighted by Gasteiger charge is 2.08. The second-order valence-corrected chi connectivity index (χ2v) is 3.28. The normalized spacial score (nSPS) is 13.0. The van der Waals surface area contributed by atoms with Crippen LogP contribution in [0.2, 0.25) is 0 Å². The Balaban J connectivity index is 2.06. The fourth-order valence-electron chi connectivity index (χ4n) is 1.35. The van der Waals surface area contributed by atoms with Crippen molar-refractivity contribution >= 4 is 0 Å². The van der Waals surface area contributed by atoms with E-state index >= 15 is 0 Å². The molecule has 2 aromatic rings. The zero-order valence-corrected chi connectivity index (χ0v) is 8.04. The van der Waals surface area contributed by atoms with Crippen LogP contribution >= 0.6 is 0 Å². The minimum Gasteiger partial charge on any atom is -0.322 e. The number of hydrogen-bond donors (Lipinski definition) is 1. The summed E-state index contributed by atoms with van der Waals surface area (Å²) in [5, 5.41) is 8.17. The molecule has 0 aliphatic rings. The molecule has 14 heavy (non-hydrogen) atoms. The third-order valence-electron chi connectivity index (χ3n) is 2.10. The smallest absolute Gasteiger partial charge is 0.0603 e. The van der Waals surface area contributed by atoms with Crippen LogP contribution in [0.3, 0.4) is 0 Å². The second kappa shape index (κ2) is 3.63. The summed E-state index contributed by atoms with van der Waals surface area (Å²) in [6, 6.07) is 1.83. The first kappa shape index (κ1) is 8.96. The molecule has 74 valence electrons. The Hall–Kier alpha value is -1.62. The van der Waals surface area contributed by atoms with E-state index in [1.54, 1.807) is 17.1 Å². The van der Waals surface area contributed by atoms with Crippen LogP contribution in [0.4, 0.5) is 0 Å². The van der Waals surface area contributed by atoms with Gasteiger partial charge in [0.2, 0.25) is 0 Å². The van der Waals surface area contributed by atoms with E-state index in [2.05, 4.69) is 10.2 Å². The zero-order chi connectivity index (χ0) is 9.97. The van der Waals surface area contributed by atoms with Crippen molar-refractivity contribution in [2.24, 2.45) is 12.8 Å². The molecule has 0 aromatic carbocycles. The van der Waals surface area contributed by atoms with Gasteiger partial charge in [0.25, 0.3) is 0 Å². The Labute approximate surface area is 82.1 Å². The molecule has 0 saturated carbocycles. The Morgan fingerprint density at radius 1 is 1.50 bits per heavy atom. The highest BCUT2D eigenvalue weighted by Crippen LogP contribution is 2.09. The van der Waals surface area contributed by atoms with Gasteiger partial charge in [-0.25, -0.2) is 0 Å². The summed E-state index contributed by atoms with van der Waals surface area (Å²) in [6.07, 6.45) is 7.36. The van der Waals surface area contributed by atoms with E-state index in [0.717, 1.165) is 5.56 Å². The van der Waals surface area contributed by atoms with E-state index in [9.17, 15) is 0 Å². The van der Waals surface area contributed by atoms with E-state index in [1.165, 1.54) is 0 Å². The second-order valence-electron chi connectivity index (χ2n) is 3.28. The summed E-state index contributed by atoms with van der Waals surface area (Å²) in [5.74, 6) is 0. The van der Waals surface area contributed by atoms with Crippen molar-refractivity contribution in [2.45, 2.75) is 12.6 Å². The number of nitrogens with two attached hydrogens (primary N) is 1. The summed E-state index contributed by atoms with van der Waals surface area (Å²) in [5.41, 5.74) is 7.02. The lowest BCUT2D eigenvalue weighted by molar-refractivity contribution is 0.527. The molecule has 5 heteroatoms. The van der Waals surface area contributed by atoms with Crippen molar-refractivity contribution < 1.29 is 0 Å². The molecule has 0 spiro atoms. The molecule has 0 bridgehead atoms. The predicted octanol–water partition coefficient (Wildman–Crippen LogP) is 0.317. The first-order valence-electron chi connectivity index (χ1n) is 4.47. The maximum Gasteiger partial charge on any atom is 0.0603 e. The lowest BCUT2D eigenvalue weighted by Crippen LogP contribution is -2.17. The first-order valence-corrected chi connectivity index (χ1v) is 4.47. The number of aryl methyl sites for hydroxylation is 1. The van der Waals surface area contributed by atoms with Gasteiger partial charge in [0, 0.05) is 31.2 Å². The molecule has 0 fully saturated rings. The quantitative estimate of drug-likeness (QED) is 0.759. The number of nitrogens with zero attached hydrogens (tertiary/aromatic N) is 4. The van der Waals surface area contributed by atoms with Crippen LogP contribution in [-0.2, 0) is 13.6 Å². The van der Waals surface area contributed by atoms with Crippen LogP contribution in [0.1, 0.15) is 11.6 Å². The number of rotatable bonds is 3. The highest BCUT2D eigenvalue weighted by molar-refractivity contribution is 5.09. The molecule has 2 rings (SSSR count). The first-order chi connectivity index (χ1) is 6.75. The van der Waals surface area contributed by atoms with E-state index < -0.39 is 0 Å². The molecular formula is C9H13N5. The van der Waals surface area contributed by atoms with Crippen LogP contribution in [0.25, 0.3) is 0 Å².